The number of Topliss-reactive ketones (excluding diaryl/α,β-unsaturated/α-hetero) is 1. The summed E-state index contributed by atoms with van der Waals surface area (Å²) < 4.78 is 18.2. The number of halogens is 2. The molecule has 110 valence electrons. The summed E-state index contributed by atoms with van der Waals surface area (Å²) in [6, 6.07) is 3.99. The predicted molar refractivity (Wildman–Crippen MR) is 78.2 cm³/mol. The van der Waals surface area contributed by atoms with Gasteiger partial charge in [0.05, 0.1) is 12.8 Å². The van der Waals surface area contributed by atoms with Crippen LogP contribution in [0.25, 0.3) is 0 Å². The summed E-state index contributed by atoms with van der Waals surface area (Å²) in [5.74, 6) is -1.58. The molecule has 0 aliphatic carbocycles. The maximum absolute atomic E-state index is 13.6. The number of nitrogens with one attached hydrogen (secondary N) is 1. The van der Waals surface area contributed by atoms with Gasteiger partial charge in [0.15, 0.2) is 16.6 Å². The van der Waals surface area contributed by atoms with Gasteiger partial charge >= 0.3 is 5.97 Å². The average Bonchev–Trinajstić information content (AvgIpc) is 2.86. The molecule has 0 amide bonds. The van der Waals surface area contributed by atoms with Gasteiger partial charge in [0.2, 0.25) is 0 Å². The molecule has 0 atom stereocenters. The van der Waals surface area contributed by atoms with Gasteiger partial charge in [-0.2, -0.15) is 0 Å². The standard InChI is InChI=1S/C13H10ClFN2O3S/c1-6(18)11-10(12(19)20-2)17-13(21-11)16-9-5-7(14)3-4-8(9)15/h3-5H,1-2H3,(H,16,17). The molecule has 0 fully saturated rings. The molecule has 5 nitrogen and oxygen atoms in total. The lowest BCUT2D eigenvalue weighted by molar-refractivity contribution is 0.0591. The van der Waals surface area contributed by atoms with Crippen molar-refractivity contribution in [2.45, 2.75) is 6.92 Å². The summed E-state index contributed by atoms with van der Waals surface area (Å²) in [6.07, 6.45) is 0. The van der Waals surface area contributed by atoms with Gasteiger partial charge in [-0.05, 0) is 18.2 Å². The molecule has 1 heterocycles. The third-order valence-corrected chi connectivity index (χ3v) is 3.80. The highest BCUT2D eigenvalue weighted by molar-refractivity contribution is 7.17. The number of carbonyl (C=O) groups is 2. The van der Waals surface area contributed by atoms with Gasteiger partial charge in [0, 0.05) is 11.9 Å². The first-order chi connectivity index (χ1) is 9.92. The van der Waals surface area contributed by atoms with Crippen molar-refractivity contribution in [2.24, 2.45) is 0 Å². The Morgan fingerprint density at radius 1 is 1.43 bits per heavy atom. The number of anilines is 2. The second-order valence-corrected chi connectivity index (χ2v) is 5.43. The summed E-state index contributed by atoms with van der Waals surface area (Å²) in [4.78, 5) is 27.2. The number of benzene rings is 1. The number of thiazole rings is 1. The van der Waals surface area contributed by atoms with Crippen LogP contribution in [0.5, 0.6) is 0 Å². The highest BCUT2D eigenvalue weighted by Crippen LogP contribution is 2.29. The molecule has 0 radical (unpaired) electrons. The highest BCUT2D eigenvalue weighted by Gasteiger charge is 2.22. The van der Waals surface area contributed by atoms with Gasteiger partial charge in [-0.15, -0.1) is 0 Å². The summed E-state index contributed by atoms with van der Waals surface area (Å²) in [5.41, 5.74) is 0.00250. The fourth-order valence-electron chi connectivity index (χ4n) is 1.56. The molecule has 0 bridgehead atoms. The number of hydrogen-bond donors (Lipinski definition) is 1. The molecule has 2 aromatic rings. The number of hydrogen-bond acceptors (Lipinski definition) is 6. The summed E-state index contributed by atoms with van der Waals surface area (Å²) in [6.45, 7) is 1.31. The minimum atomic E-state index is -0.726. The molecule has 21 heavy (non-hydrogen) atoms. The third-order valence-electron chi connectivity index (χ3n) is 2.50. The van der Waals surface area contributed by atoms with Crippen LogP contribution in [-0.4, -0.2) is 23.8 Å². The number of rotatable bonds is 4. The van der Waals surface area contributed by atoms with E-state index < -0.39 is 11.8 Å². The Labute approximate surface area is 128 Å². The fraction of sp³-hybridized carbons (Fsp3) is 0.154. The topological polar surface area (TPSA) is 68.3 Å². The molecule has 8 heteroatoms. The van der Waals surface area contributed by atoms with Crippen molar-refractivity contribution in [3.05, 3.63) is 39.6 Å². The molecule has 1 N–H and O–H groups in total. The second kappa shape index (κ2) is 6.19. The zero-order chi connectivity index (χ0) is 15.6. The molecule has 0 aliphatic rings. The van der Waals surface area contributed by atoms with Crippen molar-refractivity contribution < 1.29 is 18.7 Å². The van der Waals surface area contributed by atoms with Crippen LogP contribution in [0.3, 0.4) is 0 Å². The highest BCUT2D eigenvalue weighted by atomic mass is 35.5. The summed E-state index contributed by atoms with van der Waals surface area (Å²) in [5, 5.41) is 3.23. The van der Waals surface area contributed by atoms with Gasteiger partial charge in [-0.1, -0.05) is 22.9 Å². The van der Waals surface area contributed by atoms with Crippen molar-refractivity contribution in [2.75, 3.05) is 12.4 Å². The smallest absolute Gasteiger partial charge is 0.358 e. The fourth-order valence-corrected chi connectivity index (χ4v) is 2.59. The molecule has 0 saturated heterocycles. The largest absolute Gasteiger partial charge is 0.464 e. The van der Waals surface area contributed by atoms with E-state index in [4.69, 9.17) is 11.6 Å². The Balaban J connectivity index is 2.39. The van der Waals surface area contributed by atoms with Crippen LogP contribution in [0.1, 0.15) is 27.1 Å². The quantitative estimate of drug-likeness (QED) is 0.685. The molecule has 0 spiro atoms. The van der Waals surface area contributed by atoms with E-state index in [-0.39, 0.29) is 27.2 Å². The number of methoxy groups -OCH3 is 1. The van der Waals surface area contributed by atoms with Gasteiger partial charge in [-0.25, -0.2) is 14.2 Å². The molecular weight excluding hydrogens is 319 g/mol. The molecule has 2 rings (SSSR count). The normalized spacial score (nSPS) is 10.3. The van der Waals surface area contributed by atoms with Gasteiger partial charge < -0.3 is 10.1 Å². The van der Waals surface area contributed by atoms with E-state index in [0.29, 0.717) is 5.02 Å². The Hall–Kier alpha value is -1.99. The SMILES string of the molecule is COC(=O)c1nc(Nc2cc(Cl)ccc2F)sc1C(C)=O. The zero-order valence-corrected chi connectivity index (χ0v) is 12.6. The molecule has 0 unspecified atom stereocenters. The lowest BCUT2D eigenvalue weighted by atomic mass is 10.3. The number of nitrogens with zero attached hydrogens (tertiary/aromatic N) is 1. The Morgan fingerprint density at radius 3 is 2.76 bits per heavy atom. The van der Waals surface area contributed by atoms with Crippen LogP contribution in [0.15, 0.2) is 18.2 Å². The van der Waals surface area contributed by atoms with Crippen molar-refractivity contribution in [1.82, 2.24) is 4.98 Å². The maximum atomic E-state index is 13.6. The van der Waals surface area contributed by atoms with Crippen LogP contribution < -0.4 is 5.32 Å². The average molecular weight is 329 g/mol. The van der Waals surface area contributed by atoms with Crippen LogP contribution in [0.4, 0.5) is 15.2 Å². The number of esters is 1. The number of ether oxygens (including phenoxy) is 1. The monoisotopic (exact) mass is 328 g/mol. The minimum absolute atomic E-state index is 0.0973. The van der Waals surface area contributed by atoms with Crippen molar-refractivity contribution in [1.29, 1.82) is 0 Å². The minimum Gasteiger partial charge on any atom is -0.464 e. The number of aromatic nitrogens is 1. The molecule has 1 aromatic carbocycles. The first-order valence-electron chi connectivity index (χ1n) is 5.74. The predicted octanol–water partition coefficient (Wildman–Crippen LogP) is 3.67. The molecular formula is C13H10ClFN2O3S. The lowest BCUT2D eigenvalue weighted by Crippen LogP contribution is -2.07. The van der Waals surface area contributed by atoms with Crippen LogP contribution in [0, 0.1) is 5.82 Å². The van der Waals surface area contributed by atoms with Crippen LogP contribution in [0.2, 0.25) is 5.02 Å². The Bertz CT molecular complexity index is 717. The molecule has 0 aliphatic heterocycles. The summed E-state index contributed by atoms with van der Waals surface area (Å²) >= 11 is 6.73. The van der Waals surface area contributed by atoms with E-state index in [1.807, 2.05) is 0 Å². The number of ketones is 1. The first kappa shape index (κ1) is 15.4. The zero-order valence-electron chi connectivity index (χ0n) is 11.1. The van der Waals surface area contributed by atoms with Crippen molar-refractivity contribution in [3.63, 3.8) is 0 Å². The molecule has 1 aromatic heterocycles. The van der Waals surface area contributed by atoms with E-state index in [1.54, 1.807) is 0 Å². The second-order valence-electron chi connectivity index (χ2n) is 3.99. The van der Waals surface area contributed by atoms with Crippen molar-refractivity contribution in [3.8, 4) is 0 Å². The van der Waals surface area contributed by atoms with Gasteiger partial charge in [0.25, 0.3) is 0 Å². The van der Waals surface area contributed by atoms with E-state index in [2.05, 4.69) is 15.0 Å². The van der Waals surface area contributed by atoms with Crippen LogP contribution in [-0.2, 0) is 4.74 Å². The van der Waals surface area contributed by atoms with E-state index >= 15 is 0 Å². The third kappa shape index (κ3) is 3.37. The maximum Gasteiger partial charge on any atom is 0.358 e. The first-order valence-corrected chi connectivity index (χ1v) is 6.94. The van der Waals surface area contributed by atoms with Crippen LogP contribution >= 0.6 is 22.9 Å². The Kier molecular flexibility index (Phi) is 4.54. The number of carbonyl (C=O) groups excluding carboxylic acids is 2. The summed E-state index contributed by atoms with van der Waals surface area (Å²) in [7, 11) is 1.19. The van der Waals surface area contributed by atoms with E-state index in [1.165, 1.54) is 32.2 Å². The van der Waals surface area contributed by atoms with E-state index in [0.717, 1.165) is 11.3 Å². The van der Waals surface area contributed by atoms with Crippen molar-refractivity contribution >= 4 is 45.5 Å². The van der Waals surface area contributed by atoms with E-state index in [9.17, 15) is 14.0 Å². The van der Waals surface area contributed by atoms with Gasteiger partial charge in [-0.3, -0.25) is 4.79 Å². The lowest BCUT2D eigenvalue weighted by Gasteiger charge is -2.04. The molecule has 0 saturated carbocycles. The van der Waals surface area contributed by atoms with Gasteiger partial charge in [0.1, 0.15) is 10.7 Å². The Morgan fingerprint density at radius 2 is 2.14 bits per heavy atom.